The van der Waals surface area contributed by atoms with Crippen LogP contribution >= 0.6 is 0 Å². The van der Waals surface area contributed by atoms with E-state index < -0.39 is 0 Å². The summed E-state index contributed by atoms with van der Waals surface area (Å²) in [5.74, 6) is 0.420. The largest absolute Gasteiger partial charge is 0.490 e. The quantitative estimate of drug-likeness (QED) is 0.569. The van der Waals surface area contributed by atoms with Gasteiger partial charge in [0.25, 0.3) is 0 Å². The van der Waals surface area contributed by atoms with Crippen LogP contribution in [0.1, 0.15) is 29.7 Å². The van der Waals surface area contributed by atoms with E-state index in [1.54, 1.807) is 18.2 Å². The van der Waals surface area contributed by atoms with E-state index >= 15 is 0 Å². The fourth-order valence-electron chi connectivity index (χ4n) is 3.89. The zero-order valence-corrected chi connectivity index (χ0v) is 16.7. The molecule has 0 unspecified atom stereocenters. The van der Waals surface area contributed by atoms with Gasteiger partial charge in [0.15, 0.2) is 5.69 Å². The summed E-state index contributed by atoms with van der Waals surface area (Å²) in [6.07, 6.45) is 1.66. The number of rotatable bonds is 4. The molecule has 1 aromatic heterocycles. The molecule has 6 heteroatoms. The maximum atomic E-state index is 14.2. The summed E-state index contributed by atoms with van der Waals surface area (Å²) < 4.78 is 20.5. The monoisotopic (exact) mass is 400 g/mol. The van der Waals surface area contributed by atoms with Crippen molar-refractivity contribution >= 4 is 16.6 Å². The van der Waals surface area contributed by atoms with E-state index in [2.05, 4.69) is 20.8 Å². The zero-order chi connectivity index (χ0) is 21.1. The molecule has 1 aliphatic heterocycles. The number of nitrogens with zero attached hydrogens (tertiary/aromatic N) is 4. The topological polar surface area (TPSA) is 53.5 Å². The number of nitriles is 1. The van der Waals surface area contributed by atoms with Gasteiger partial charge in [-0.15, -0.1) is 0 Å². The first-order valence-corrected chi connectivity index (χ1v) is 9.92. The Balaban J connectivity index is 1.46. The number of ether oxygens (including phenoxy) is 1. The lowest BCUT2D eigenvalue weighted by Gasteiger charge is -2.32. The van der Waals surface area contributed by atoms with Gasteiger partial charge in [0.1, 0.15) is 17.7 Å². The average Bonchev–Trinajstić information content (AvgIpc) is 2.76. The standard InChI is InChI=1S/C24H21FN4O/c1-16-12-24(20-13-18(27-2)6-7-23(20)28-16)30-19-8-10-29(11-9-19)15-21-17(14-26)4-3-5-22(21)25/h3-7,12-13,19H,8-11,15H2,1H3. The molecule has 30 heavy (non-hydrogen) atoms. The van der Waals surface area contributed by atoms with Gasteiger partial charge >= 0.3 is 0 Å². The second-order valence-corrected chi connectivity index (χ2v) is 7.55. The molecule has 0 radical (unpaired) electrons. The minimum absolute atomic E-state index is 0.0407. The van der Waals surface area contributed by atoms with Crippen molar-refractivity contribution in [3.05, 3.63) is 76.5 Å². The smallest absolute Gasteiger partial charge is 0.188 e. The number of pyridine rings is 1. The second-order valence-electron chi connectivity index (χ2n) is 7.55. The van der Waals surface area contributed by atoms with Crippen LogP contribution in [0.2, 0.25) is 0 Å². The third-order valence-electron chi connectivity index (χ3n) is 5.46. The van der Waals surface area contributed by atoms with Gasteiger partial charge in [-0.05, 0) is 44.0 Å². The molecular weight excluding hydrogens is 379 g/mol. The fraction of sp³-hybridized carbons (Fsp3) is 0.292. The molecule has 0 bridgehead atoms. The number of hydrogen-bond acceptors (Lipinski definition) is 4. The van der Waals surface area contributed by atoms with E-state index in [-0.39, 0.29) is 11.9 Å². The number of halogens is 1. The minimum atomic E-state index is -0.332. The van der Waals surface area contributed by atoms with Gasteiger partial charge in [-0.2, -0.15) is 5.26 Å². The Kier molecular flexibility index (Phi) is 5.61. The molecule has 0 atom stereocenters. The van der Waals surface area contributed by atoms with Crippen LogP contribution in [0, 0.1) is 30.6 Å². The Morgan fingerprint density at radius 2 is 2.07 bits per heavy atom. The summed E-state index contributed by atoms with van der Waals surface area (Å²) in [6, 6.07) is 14.1. The predicted molar refractivity (Wildman–Crippen MR) is 113 cm³/mol. The molecular formula is C24H21FN4O. The number of likely N-dealkylation sites (tertiary alicyclic amines) is 1. The molecule has 1 saturated heterocycles. The van der Waals surface area contributed by atoms with Gasteiger partial charge in [-0.3, -0.25) is 9.88 Å². The Hall–Kier alpha value is -3.48. The molecule has 0 saturated carbocycles. The summed E-state index contributed by atoms with van der Waals surface area (Å²) in [7, 11) is 0. The Morgan fingerprint density at radius 3 is 2.80 bits per heavy atom. The molecule has 2 heterocycles. The molecule has 2 aromatic carbocycles. The molecule has 0 N–H and O–H groups in total. The molecule has 3 aromatic rings. The van der Waals surface area contributed by atoms with E-state index in [9.17, 15) is 9.65 Å². The van der Waals surface area contributed by atoms with Crippen molar-refractivity contribution in [2.75, 3.05) is 13.1 Å². The van der Waals surface area contributed by atoms with Crippen molar-refractivity contribution in [3.63, 3.8) is 0 Å². The average molecular weight is 400 g/mol. The van der Waals surface area contributed by atoms with Crippen molar-refractivity contribution in [3.8, 4) is 11.8 Å². The number of benzene rings is 2. The highest BCUT2D eigenvalue weighted by Gasteiger charge is 2.23. The third kappa shape index (κ3) is 4.10. The first-order chi connectivity index (χ1) is 14.6. The first-order valence-electron chi connectivity index (χ1n) is 9.92. The van der Waals surface area contributed by atoms with Crippen LogP contribution in [0.4, 0.5) is 10.1 Å². The lowest BCUT2D eigenvalue weighted by Crippen LogP contribution is -2.38. The van der Waals surface area contributed by atoms with Crippen molar-refractivity contribution in [2.24, 2.45) is 0 Å². The summed E-state index contributed by atoms with van der Waals surface area (Å²) in [4.78, 5) is 10.2. The van der Waals surface area contributed by atoms with E-state index in [0.717, 1.165) is 48.3 Å². The lowest BCUT2D eigenvalue weighted by molar-refractivity contribution is 0.0972. The third-order valence-corrected chi connectivity index (χ3v) is 5.46. The lowest BCUT2D eigenvalue weighted by atomic mass is 10.0. The van der Waals surface area contributed by atoms with Gasteiger partial charge in [-0.25, -0.2) is 9.24 Å². The van der Waals surface area contributed by atoms with E-state index in [4.69, 9.17) is 11.3 Å². The van der Waals surface area contributed by atoms with Crippen molar-refractivity contribution < 1.29 is 9.13 Å². The molecule has 0 amide bonds. The van der Waals surface area contributed by atoms with Gasteiger partial charge in [0, 0.05) is 42.3 Å². The van der Waals surface area contributed by atoms with Gasteiger partial charge in [0.2, 0.25) is 0 Å². The van der Waals surface area contributed by atoms with Gasteiger partial charge in [0.05, 0.1) is 23.7 Å². The number of aryl methyl sites for hydroxylation is 1. The second kappa shape index (κ2) is 8.49. The summed E-state index contributed by atoms with van der Waals surface area (Å²) >= 11 is 0. The van der Waals surface area contributed by atoms with Crippen LogP contribution in [-0.4, -0.2) is 29.1 Å². The molecule has 150 valence electrons. The Bertz CT molecular complexity index is 1170. The van der Waals surface area contributed by atoms with Gasteiger partial charge in [-0.1, -0.05) is 12.1 Å². The number of piperidine rings is 1. The molecule has 0 aliphatic carbocycles. The zero-order valence-electron chi connectivity index (χ0n) is 16.7. The molecule has 0 spiro atoms. The molecule has 4 rings (SSSR count). The maximum absolute atomic E-state index is 14.2. The fourth-order valence-corrected chi connectivity index (χ4v) is 3.89. The highest BCUT2D eigenvalue weighted by molar-refractivity contribution is 5.88. The number of aromatic nitrogens is 1. The highest BCUT2D eigenvalue weighted by atomic mass is 19.1. The van der Waals surface area contributed by atoms with Crippen molar-refractivity contribution in [1.82, 2.24) is 9.88 Å². The highest BCUT2D eigenvalue weighted by Crippen LogP contribution is 2.31. The summed E-state index contributed by atoms with van der Waals surface area (Å²) in [6.45, 7) is 11.1. The van der Waals surface area contributed by atoms with Gasteiger partial charge < -0.3 is 4.74 Å². The van der Waals surface area contributed by atoms with E-state index in [0.29, 0.717) is 23.4 Å². The SMILES string of the molecule is [C-]#[N+]c1ccc2nc(C)cc(OC3CCN(Cc4c(F)cccc4C#N)CC3)c2c1. The van der Waals surface area contributed by atoms with Crippen molar-refractivity contribution in [2.45, 2.75) is 32.4 Å². The van der Waals surface area contributed by atoms with Crippen LogP contribution in [-0.2, 0) is 6.54 Å². The molecule has 1 fully saturated rings. The predicted octanol–water partition coefficient (Wildman–Crippen LogP) is 5.15. The Labute approximate surface area is 175 Å². The summed E-state index contributed by atoms with van der Waals surface area (Å²) in [5.41, 5.74) is 3.10. The van der Waals surface area contributed by atoms with E-state index in [1.807, 2.05) is 25.1 Å². The summed E-state index contributed by atoms with van der Waals surface area (Å²) in [5, 5.41) is 10.1. The van der Waals surface area contributed by atoms with Crippen LogP contribution in [0.15, 0.2) is 42.5 Å². The van der Waals surface area contributed by atoms with Crippen LogP contribution < -0.4 is 4.74 Å². The minimum Gasteiger partial charge on any atom is -0.490 e. The maximum Gasteiger partial charge on any atom is 0.188 e. The number of fused-ring (bicyclic) bond motifs is 1. The van der Waals surface area contributed by atoms with E-state index in [1.165, 1.54) is 6.07 Å². The Morgan fingerprint density at radius 1 is 1.27 bits per heavy atom. The van der Waals surface area contributed by atoms with Crippen LogP contribution in [0.3, 0.4) is 0 Å². The molecule has 1 aliphatic rings. The van der Waals surface area contributed by atoms with Crippen LogP contribution in [0.25, 0.3) is 15.7 Å². The first kappa shape index (κ1) is 19.8. The normalized spacial score (nSPS) is 14.9. The molecule has 5 nitrogen and oxygen atoms in total. The van der Waals surface area contributed by atoms with Crippen LogP contribution in [0.5, 0.6) is 5.75 Å². The number of hydrogen-bond donors (Lipinski definition) is 0. The van der Waals surface area contributed by atoms with Crippen molar-refractivity contribution in [1.29, 1.82) is 5.26 Å².